The monoisotopic (exact) mass is 204 g/mol. The van der Waals surface area contributed by atoms with E-state index in [1.54, 1.807) is 12.5 Å². The van der Waals surface area contributed by atoms with Gasteiger partial charge in [-0.1, -0.05) is 13.3 Å². The lowest BCUT2D eigenvalue weighted by molar-refractivity contribution is 0.331. The van der Waals surface area contributed by atoms with Gasteiger partial charge in [0.1, 0.15) is 11.8 Å². The van der Waals surface area contributed by atoms with Gasteiger partial charge in [-0.3, -0.25) is 0 Å². The minimum atomic E-state index is 0.0673. The molecule has 0 atom stereocenters. The molecular weight excluding hydrogens is 188 g/mol. The van der Waals surface area contributed by atoms with Crippen LogP contribution in [0.3, 0.4) is 0 Å². The first kappa shape index (κ1) is 10.1. The number of aromatic nitrogens is 4. The van der Waals surface area contributed by atoms with Crippen LogP contribution in [0.5, 0.6) is 0 Å². The van der Waals surface area contributed by atoms with E-state index >= 15 is 0 Å². The van der Waals surface area contributed by atoms with Crippen molar-refractivity contribution in [2.75, 3.05) is 0 Å². The fraction of sp³-hybridized carbons (Fsp3) is 0.545. The van der Waals surface area contributed by atoms with E-state index in [2.05, 4.69) is 40.3 Å². The standard InChI is InChI=1S/C11H16N4/c1-4-5-11(2,3)15-8-14-9-6-12-7-13-10(9)15/h6-8H,4-5H2,1-3H3. The number of rotatable bonds is 3. The second kappa shape index (κ2) is 3.61. The molecule has 0 radical (unpaired) electrons. The molecule has 0 N–H and O–H groups in total. The van der Waals surface area contributed by atoms with Crippen molar-refractivity contribution in [1.29, 1.82) is 0 Å². The third-order valence-electron chi connectivity index (χ3n) is 2.73. The molecule has 80 valence electrons. The molecule has 0 amide bonds. The highest BCUT2D eigenvalue weighted by Gasteiger charge is 2.21. The number of hydrogen-bond acceptors (Lipinski definition) is 3. The van der Waals surface area contributed by atoms with Crippen molar-refractivity contribution in [2.24, 2.45) is 0 Å². The van der Waals surface area contributed by atoms with Gasteiger partial charge < -0.3 is 4.57 Å². The zero-order valence-electron chi connectivity index (χ0n) is 9.44. The Morgan fingerprint density at radius 2 is 2.13 bits per heavy atom. The Bertz CT molecular complexity index is 458. The molecule has 0 aliphatic heterocycles. The third-order valence-corrected chi connectivity index (χ3v) is 2.73. The molecule has 0 aliphatic carbocycles. The first-order valence-corrected chi connectivity index (χ1v) is 5.28. The van der Waals surface area contributed by atoms with Crippen molar-refractivity contribution in [3.8, 4) is 0 Å². The normalized spacial score (nSPS) is 12.2. The minimum Gasteiger partial charge on any atom is -0.310 e. The van der Waals surface area contributed by atoms with Gasteiger partial charge in [0, 0.05) is 5.54 Å². The van der Waals surface area contributed by atoms with Crippen LogP contribution in [0, 0.1) is 0 Å². The van der Waals surface area contributed by atoms with Crippen molar-refractivity contribution in [2.45, 2.75) is 39.2 Å². The highest BCUT2D eigenvalue weighted by molar-refractivity contribution is 5.69. The van der Waals surface area contributed by atoms with Gasteiger partial charge in [-0.2, -0.15) is 0 Å². The summed E-state index contributed by atoms with van der Waals surface area (Å²) >= 11 is 0. The smallest absolute Gasteiger partial charge is 0.163 e. The average molecular weight is 204 g/mol. The Labute approximate surface area is 89.4 Å². The van der Waals surface area contributed by atoms with Crippen molar-refractivity contribution in [1.82, 2.24) is 19.5 Å². The number of fused-ring (bicyclic) bond motifs is 1. The molecule has 0 aromatic carbocycles. The Kier molecular flexibility index (Phi) is 2.42. The quantitative estimate of drug-likeness (QED) is 0.770. The molecule has 0 bridgehead atoms. The summed E-state index contributed by atoms with van der Waals surface area (Å²) in [5, 5.41) is 0. The molecule has 0 saturated heterocycles. The van der Waals surface area contributed by atoms with Crippen LogP contribution in [0.4, 0.5) is 0 Å². The van der Waals surface area contributed by atoms with E-state index < -0.39 is 0 Å². The van der Waals surface area contributed by atoms with Gasteiger partial charge >= 0.3 is 0 Å². The maximum absolute atomic E-state index is 4.31. The fourth-order valence-electron chi connectivity index (χ4n) is 1.94. The zero-order chi connectivity index (χ0) is 10.9. The maximum Gasteiger partial charge on any atom is 0.163 e. The Morgan fingerprint density at radius 3 is 2.87 bits per heavy atom. The maximum atomic E-state index is 4.31. The van der Waals surface area contributed by atoms with E-state index in [1.165, 1.54) is 0 Å². The Balaban J connectivity index is 2.52. The summed E-state index contributed by atoms with van der Waals surface area (Å²) in [4.78, 5) is 12.6. The number of nitrogens with zero attached hydrogens (tertiary/aromatic N) is 4. The van der Waals surface area contributed by atoms with Gasteiger partial charge in [0.2, 0.25) is 0 Å². The summed E-state index contributed by atoms with van der Waals surface area (Å²) in [6.07, 6.45) is 7.44. The van der Waals surface area contributed by atoms with Crippen molar-refractivity contribution in [3.63, 3.8) is 0 Å². The van der Waals surface area contributed by atoms with E-state index in [-0.39, 0.29) is 5.54 Å². The Hall–Kier alpha value is -1.45. The topological polar surface area (TPSA) is 43.6 Å². The molecule has 0 saturated carbocycles. The second-order valence-electron chi connectivity index (χ2n) is 4.41. The lowest BCUT2D eigenvalue weighted by atomic mass is 9.99. The van der Waals surface area contributed by atoms with Gasteiger partial charge in [0.05, 0.1) is 12.5 Å². The lowest BCUT2D eigenvalue weighted by Crippen LogP contribution is -2.25. The summed E-state index contributed by atoms with van der Waals surface area (Å²) in [6, 6.07) is 0. The fourth-order valence-corrected chi connectivity index (χ4v) is 1.94. The molecule has 2 heterocycles. The summed E-state index contributed by atoms with van der Waals surface area (Å²) in [6.45, 7) is 6.61. The SMILES string of the molecule is CCCC(C)(C)n1cnc2cncnc21. The van der Waals surface area contributed by atoms with Crippen LogP contribution in [0.1, 0.15) is 33.6 Å². The highest BCUT2D eigenvalue weighted by atomic mass is 15.2. The summed E-state index contributed by atoms with van der Waals surface area (Å²) < 4.78 is 2.13. The molecule has 2 aromatic heterocycles. The largest absolute Gasteiger partial charge is 0.310 e. The van der Waals surface area contributed by atoms with Gasteiger partial charge in [-0.15, -0.1) is 0 Å². The van der Waals surface area contributed by atoms with Gasteiger partial charge in [-0.25, -0.2) is 15.0 Å². The van der Waals surface area contributed by atoms with Crippen LogP contribution in [0.25, 0.3) is 11.2 Å². The molecule has 0 spiro atoms. The second-order valence-corrected chi connectivity index (χ2v) is 4.41. The first-order chi connectivity index (χ1) is 7.15. The predicted octanol–water partition coefficient (Wildman–Crippen LogP) is 2.36. The van der Waals surface area contributed by atoms with Gasteiger partial charge in [0.15, 0.2) is 5.65 Å². The first-order valence-electron chi connectivity index (χ1n) is 5.28. The zero-order valence-corrected chi connectivity index (χ0v) is 9.44. The molecule has 4 heteroatoms. The molecule has 0 fully saturated rings. The van der Waals surface area contributed by atoms with Crippen LogP contribution in [-0.4, -0.2) is 19.5 Å². The molecule has 2 rings (SSSR count). The minimum absolute atomic E-state index is 0.0673. The summed E-state index contributed by atoms with van der Waals surface area (Å²) in [5.41, 5.74) is 1.85. The van der Waals surface area contributed by atoms with Crippen LogP contribution in [0.2, 0.25) is 0 Å². The average Bonchev–Trinajstić information content (AvgIpc) is 2.61. The summed E-state index contributed by atoms with van der Waals surface area (Å²) in [7, 11) is 0. The van der Waals surface area contributed by atoms with E-state index in [9.17, 15) is 0 Å². The molecule has 2 aromatic rings. The van der Waals surface area contributed by atoms with Crippen molar-refractivity contribution >= 4 is 11.2 Å². The van der Waals surface area contributed by atoms with Crippen LogP contribution < -0.4 is 0 Å². The van der Waals surface area contributed by atoms with E-state index in [0.717, 1.165) is 24.0 Å². The predicted molar refractivity (Wildman–Crippen MR) is 59.6 cm³/mol. The number of imidazole rings is 1. The molecule has 0 unspecified atom stereocenters. The van der Waals surface area contributed by atoms with Crippen LogP contribution >= 0.6 is 0 Å². The van der Waals surface area contributed by atoms with Gasteiger partial charge in [0.25, 0.3) is 0 Å². The molecule has 15 heavy (non-hydrogen) atoms. The van der Waals surface area contributed by atoms with E-state index in [1.807, 2.05) is 6.33 Å². The lowest BCUT2D eigenvalue weighted by Gasteiger charge is -2.26. The summed E-state index contributed by atoms with van der Waals surface area (Å²) in [5.74, 6) is 0. The van der Waals surface area contributed by atoms with Crippen molar-refractivity contribution < 1.29 is 0 Å². The van der Waals surface area contributed by atoms with Crippen molar-refractivity contribution in [3.05, 3.63) is 18.9 Å². The molecule has 4 nitrogen and oxygen atoms in total. The molecular formula is C11H16N4. The number of hydrogen-bond donors (Lipinski definition) is 0. The van der Waals surface area contributed by atoms with Crippen LogP contribution in [-0.2, 0) is 5.54 Å². The Morgan fingerprint density at radius 1 is 1.33 bits per heavy atom. The third kappa shape index (κ3) is 1.71. The molecule has 0 aliphatic rings. The van der Waals surface area contributed by atoms with E-state index in [4.69, 9.17) is 0 Å². The van der Waals surface area contributed by atoms with E-state index in [0.29, 0.717) is 0 Å². The highest BCUT2D eigenvalue weighted by Crippen LogP contribution is 2.24. The van der Waals surface area contributed by atoms with Crippen LogP contribution in [0.15, 0.2) is 18.9 Å². The van der Waals surface area contributed by atoms with Gasteiger partial charge in [-0.05, 0) is 20.3 Å².